The molecule has 5 rings (SSSR count). The van der Waals surface area contributed by atoms with Crippen molar-refractivity contribution in [2.24, 2.45) is 0 Å². The van der Waals surface area contributed by atoms with Crippen molar-refractivity contribution in [3.8, 4) is 34.3 Å². The van der Waals surface area contributed by atoms with Crippen LogP contribution in [0.3, 0.4) is 0 Å². The number of benzene rings is 2. The lowest BCUT2D eigenvalue weighted by Crippen LogP contribution is -2.65. The van der Waals surface area contributed by atoms with E-state index in [1.165, 1.54) is 24.3 Å². The molecule has 2 fully saturated rings. The van der Waals surface area contributed by atoms with E-state index in [0.717, 1.165) is 26.0 Å². The number of hydrogen-bond donors (Lipinski definition) is 8. The molecule has 2 aliphatic heterocycles. The maximum atomic E-state index is 13.0. The van der Waals surface area contributed by atoms with E-state index in [2.05, 4.69) is 0 Å². The van der Waals surface area contributed by atoms with Gasteiger partial charge in [-0.05, 0) is 24.3 Å². The highest BCUT2D eigenvalue weighted by atomic mass is 16.8. The number of esters is 2. The number of phenols is 3. The van der Waals surface area contributed by atoms with Gasteiger partial charge >= 0.3 is 11.9 Å². The molecule has 1 aromatic heterocycles. The first-order chi connectivity index (χ1) is 23.2. The summed E-state index contributed by atoms with van der Waals surface area (Å²) >= 11 is 0. The van der Waals surface area contributed by atoms with Crippen LogP contribution >= 0.6 is 0 Å². The van der Waals surface area contributed by atoms with E-state index in [9.17, 15) is 55.2 Å². The second-order valence-corrected chi connectivity index (χ2v) is 11.3. The second kappa shape index (κ2) is 14.5. The lowest BCUT2D eigenvalue weighted by Gasteiger charge is -2.46. The van der Waals surface area contributed by atoms with Crippen molar-refractivity contribution < 1.29 is 83.3 Å². The molecule has 0 bridgehead atoms. The molecule has 0 saturated carbocycles. The number of phenolic OH excluding ortho intramolecular Hbond substituents is 3. The third-order valence-corrected chi connectivity index (χ3v) is 7.82. The molecule has 0 spiro atoms. The lowest BCUT2D eigenvalue weighted by atomic mass is 9.97. The van der Waals surface area contributed by atoms with E-state index < -0.39 is 120 Å². The van der Waals surface area contributed by atoms with Crippen LogP contribution in [0.25, 0.3) is 22.3 Å². The van der Waals surface area contributed by atoms with Gasteiger partial charge < -0.3 is 73.7 Å². The van der Waals surface area contributed by atoms with Gasteiger partial charge in [0.1, 0.15) is 78.6 Å². The zero-order chi connectivity index (χ0) is 35.7. The summed E-state index contributed by atoms with van der Waals surface area (Å²) in [4.78, 5) is 35.7. The first-order valence-corrected chi connectivity index (χ1v) is 14.8. The van der Waals surface area contributed by atoms with Crippen molar-refractivity contribution in [2.75, 3.05) is 13.2 Å². The van der Waals surface area contributed by atoms with Crippen LogP contribution in [0, 0.1) is 0 Å². The summed E-state index contributed by atoms with van der Waals surface area (Å²) in [5.41, 5.74) is -0.972. The van der Waals surface area contributed by atoms with Crippen LogP contribution < -0.4 is 10.2 Å². The minimum atomic E-state index is -1.97. The fraction of sp³-hybridized carbons (Fsp3) is 0.452. The summed E-state index contributed by atoms with van der Waals surface area (Å²) in [5.74, 6) is -3.78. The number of aliphatic hydroxyl groups excluding tert-OH is 5. The Morgan fingerprint density at radius 3 is 1.92 bits per heavy atom. The first-order valence-electron chi connectivity index (χ1n) is 14.8. The monoisotopic (exact) mass is 694 g/mol. The number of fused-ring (bicyclic) bond motifs is 1. The molecular formula is C31H34O18. The van der Waals surface area contributed by atoms with E-state index in [4.69, 9.17) is 32.8 Å². The van der Waals surface area contributed by atoms with Gasteiger partial charge in [0.25, 0.3) is 0 Å². The summed E-state index contributed by atoms with van der Waals surface area (Å²) in [6.45, 7) is 0.991. The molecule has 18 heteroatoms. The lowest BCUT2D eigenvalue weighted by molar-refractivity contribution is -0.358. The maximum absolute atomic E-state index is 13.0. The van der Waals surface area contributed by atoms with Crippen LogP contribution in [0.5, 0.6) is 23.0 Å². The molecule has 2 aliphatic rings. The molecule has 0 aliphatic carbocycles. The molecule has 0 radical (unpaired) electrons. The van der Waals surface area contributed by atoms with Crippen LogP contribution in [-0.4, -0.2) is 127 Å². The minimum Gasteiger partial charge on any atom is -0.508 e. The summed E-state index contributed by atoms with van der Waals surface area (Å²) in [5, 5.41) is 84.5. The van der Waals surface area contributed by atoms with Gasteiger partial charge in [0, 0.05) is 31.5 Å². The van der Waals surface area contributed by atoms with E-state index in [1.807, 2.05) is 0 Å². The van der Waals surface area contributed by atoms with Gasteiger partial charge in [0.05, 0.1) is 0 Å². The fourth-order valence-electron chi connectivity index (χ4n) is 5.27. The van der Waals surface area contributed by atoms with Crippen LogP contribution in [0.4, 0.5) is 0 Å². The Morgan fingerprint density at radius 1 is 0.755 bits per heavy atom. The maximum Gasteiger partial charge on any atom is 0.302 e. The van der Waals surface area contributed by atoms with Gasteiger partial charge in [0.2, 0.25) is 12.0 Å². The Balaban J connectivity index is 1.51. The molecular weight excluding hydrogens is 660 g/mol. The van der Waals surface area contributed by atoms with Gasteiger partial charge in [-0.3, -0.25) is 14.4 Å². The van der Waals surface area contributed by atoms with Crippen molar-refractivity contribution in [2.45, 2.75) is 75.3 Å². The fourth-order valence-corrected chi connectivity index (χ4v) is 5.27. The molecule has 266 valence electrons. The van der Waals surface area contributed by atoms with E-state index in [-0.39, 0.29) is 11.5 Å². The highest BCUT2D eigenvalue weighted by Crippen LogP contribution is 2.42. The number of ether oxygens (including phenoxy) is 6. The Labute approximate surface area is 275 Å². The Kier molecular flexibility index (Phi) is 10.6. The molecule has 0 amide bonds. The molecule has 2 aromatic carbocycles. The molecule has 2 saturated heterocycles. The third-order valence-electron chi connectivity index (χ3n) is 7.82. The van der Waals surface area contributed by atoms with Gasteiger partial charge in [-0.2, -0.15) is 0 Å². The number of carbonyl (C=O) groups is 2. The summed E-state index contributed by atoms with van der Waals surface area (Å²) in [6, 6.07) is 7.39. The smallest absolute Gasteiger partial charge is 0.302 e. The Morgan fingerprint density at radius 2 is 1.33 bits per heavy atom. The molecule has 18 nitrogen and oxygen atoms in total. The van der Waals surface area contributed by atoms with Crippen molar-refractivity contribution in [1.29, 1.82) is 0 Å². The van der Waals surface area contributed by atoms with Crippen molar-refractivity contribution in [1.82, 2.24) is 0 Å². The van der Waals surface area contributed by atoms with Gasteiger partial charge in [-0.15, -0.1) is 0 Å². The topological polar surface area (TPSA) is 282 Å². The van der Waals surface area contributed by atoms with Crippen LogP contribution in [0.15, 0.2) is 45.6 Å². The molecule has 3 aromatic rings. The van der Waals surface area contributed by atoms with Crippen LogP contribution in [-0.2, 0) is 33.3 Å². The second-order valence-electron chi connectivity index (χ2n) is 11.3. The van der Waals surface area contributed by atoms with Crippen LogP contribution in [0.1, 0.15) is 13.8 Å². The SMILES string of the molecule is CC(=O)OC[C@H]1O[C@@H](O[C@H]2[C@H](Oc3cc(O)c4c(=O)cc(-c5ccc(O)cc5)oc4c3O)O[C@H](COC(C)=O)[C@@H](O)[C@@H]2O)[C@H](O)[C@@H](O)[C@@H]1O. The van der Waals surface area contributed by atoms with Gasteiger partial charge in [-0.1, -0.05) is 0 Å². The van der Waals surface area contributed by atoms with Crippen molar-refractivity contribution in [3.05, 3.63) is 46.6 Å². The number of hydrogen-bond acceptors (Lipinski definition) is 18. The van der Waals surface area contributed by atoms with E-state index >= 15 is 0 Å². The average Bonchev–Trinajstić information content (AvgIpc) is 3.05. The summed E-state index contributed by atoms with van der Waals surface area (Å²) in [7, 11) is 0. The Hall–Kier alpha value is -4.53. The predicted octanol–water partition coefficient (Wildman–Crippen LogP) is -1.28. The number of aliphatic hydroxyl groups is 5. The largest absolute Gasteiger partial charge is 0.508 e. The zero-order valence-electron chi connectivity index (χ0n) is 25.8. The zero-order valence-corrected chi connectivity index (χ0v) is 25.8. The Bertz CT molecular complexity index is 1720. The highest BCUT2D eigenvalue weighted by Gasteiger charge is 2.52. The van der Waals surface area contributed by atoms with Crippen LogP contribution in [0.2, 0.25) is 0 Å². The number of carbonyl (C=O) groups excluding carboxylic acids is 2. The number of rotatable bonds is 9. The standard InChI is InChI=1S/C31H34O18/c1-11(32)43-9-19-22(37)25(40)27(42)30(47-19)49-29-26(41)23(38)20(10-44-12(2)33)48-31(29)46-18-8-16(36)21-15(35)7-17(45-28(21)24(18)39)13-3-5-14(34)6-4-13/h3-8,19-20,22-23,25-27,29-31,34,36-42H,9-10H2,1-2H3/t19-,20-,22-,23-,25+,26+,27-,29-,30+,31-/m1/s1. The highest BCUT2D eigenvalue weighted by molar-refractivity contribution is 5.91. The van der Waals surface area contributed by atoms with Gasteiger partial charge in [0.15, 0.2) is 29.2 Å². The average molecular weight is 695 g/mol. The van der Waals surface area contributed by atoms with Crippen molar-refractivity contribution in [3.63, 3.8) is 0 Å². The predicted molar refractivity (Wildman–Crippen MR) is 159 cm³/mol. The summed E-state index contributed by atoms with van der Waals surface area (Å²) < 4.78 is 38.2. The molecule has 0 unspecified atom stereocenters. The molecule has 8 N–H and O–H groups in total. The summed E-state index contributed by atoms with van der Waals surface area (Å²) in [6.07, 6.45) is -18.0. The minimum absolute atomic E-state index is 0.0630. The molecule has 10 atom stereocenters. The first kappa shape index (κ1) is 35.8. The van der Waals surface area contributed by atoms with E-state index in [1.54, 1.807) is 0 Å². The normalized spacial score (nSPS) is 30.1. The quantitative estimate of drug-likeness (QED) is 0.0956. The number of aromatic hydroxyl groups is 3. The molecule has 3 heterocycles. The van der Waals surface area contributed by atoms with Crippen molar-refractivity contribution >= 4 is 22.9 Å². The molecule has 49 heavy (non-hydrogen) atoms. The third kappa shape index (κ3) is 7.56. The van der Waals surface area contributed by atoms with Gasteiger partial charge in [-0.25, -0.2) is 0 Å². The van der Waals surface area contributed by atoms with E-state index in [0.29, 0.717) is 5.56 Å².